The monoisotopic (exact) mass is 278 g/mol. The largest absolute Gasteiger partial charge is 0.496 e. The fourth-order valence-electron chi connectivity index (χ4n) is 2.72. The van der Waals surface area contributed by atoms with Crippen molar-refractivity contribution in [1.29, 1.82) is 0 Å². The maximum atomic E-state index is 10.4. The number of benzene rings is 1. The highest BCUT2D eigenvalue weighted by atomic mass is 16.5. The normalized spacial score (nSPS) is 19.0. The number of rotatable bonds is 5. The first kappa shape index (κ1) is 15.3. The number of ether oxygens (including phenoxy) is 1. The number of aliphatic hydroxyl groups excluding tert-OH is 1. The second-order valence-corrected chi connectivity index (χ2v) is 5.75. The smallest absolute Gasteiger partial charge is 0.124 e. The van der Waals surface area contributed by atoms with Gasteiger partial charge in [-0.05, 0) is 52.0 Å². The highest BCUT2D eigenvalue weighted by Gasteiger charge is 2.19. The van der Waals surface area contributed by atoms with E-state index in [-0.39, 0.29) is 0 Å². The third-order valence-electron chi connectivity index (χ3n) is 4.06. The topological polar surface area (TPSA) is 44.7 Å². The van der Waals surface area contributed by atoms with Gasteiger partial charge in [-0.1, -0.05) is 11.6 Å². The van der Waals surface area contributed by atoms with Gasteiger partial charge in [0.25, 0.3) is 0 Å². The van der Waals surface area contributed by atoms with Crippen molar-refractivity contribution in [2.24, 2.45) is 0 Å². The van der Waals surface area contributed by atoms with Gasteiger partial charge in [-0.15, -0.1) is 0 Å². The van der Waals surface area contributed by atoms with Crippen molar-refractivity contribution >= 4 is 0 Å². The summed E-state index contributed by atoms with van der Waals surface area (Å²) in [6.07, 6.45) is 1.77. The summed E-state index contributed by atoms with van der Waals surface area (Å²) in [7, 11) is 3.80. The predicted octanol–water partition coefficient (Wildman–Crippen LogP) is 1.72. The van der Waals surface area contributed by atoms with Gasteiger partial charge in [0, 0.05) is 18.2 Å². The maximum Gasteiger partial charge on any atom is 0.124 e. The Kier molecular flexibility index (Phi) is 5.40. The lowest BCUT2D eigenvalue weighted by Gasteiger charge is -2.30. The Balaban J connectivity index is 1.91. The van der Waals surface area contributed by atoms with Gasteiger partial charge in [0.15, 0.2) is 0 Å². The van der Waals surface area contributed by atoms with Crippen molar-refractivity contribution in [1.82, 2.24) is 10.2 Å². The highest BCUT2D eigenvalue weighted by Crippen LogP contribution is 2.26. The van der Waals surface area contributed by atoms with Crippen LogP contribution in [-0.2, 0) is 0 Å². The Morgan fingerprint density at radius 1 is 1.40 bits per heavy atom. The molecule has 1 aliphatic rings. The van der Waals surface area contributed by atoms with Crippen LogP contribution in [0.2, 0.25) is 0 Å². The number of nitrogens with one attached hydrogen (secondary N) is 1. The zero-order chi connectivity index (χ0) is 14.5. The average molecular weight is 278 g/mol. The number of methoxy groups -OCH3 is 1. The lowest BCUT2D eigenvalue weighted by molar-refractivity contribution is 0.154. The standard InChI is InChI=1S/C16H26N2O2/c1-12-4-5-16(20-3)14(10-12)15(19)11-17-13-6-8-18(2)9-7-13/h4-5,10,13,15,17,19H,6-9,11H2,1-3H3. The number of aliphatic hydroxyl groups is 1. The zero-order valence-electron chi connectivity index (χ0n) is 12.7. The first-order valence-corrected chi connectivity index (χ1v) is 7.34. The molecule has 1 heterocycles. The van der Waals surface area contributed by atoms with Gasteiger partial charge in [0.2, 0.25) is 0 Å². The van der Waals surface area contributed by atoms with Gasteiger partial charge in [0.1, 0.15) is 5.75 Å². The number of hydrogen-bond donors (Lipinski definition) is 2. The van der Waals surface area contributed by atoms with Crippen LogP contribution in [0, 0.1) is 6.92 Å². The van der Waals surface area contributed by atoms with Crippen molar-refractivity contribution in [3.8, 4) is 5.75 Å². The van der Waals surface area contributed by atoms with E-state index in [2.05, 4.69) is 17.3 Å². The molecule has 0 aromatic heterocycles. The minimum absolute atomic E-state index is 0.511. The summed E-state index contributed by atoms with van der Waals surface area (Å²) in [4.78, 5) is 2.35. The van der Waals surface area contributed by atoms with Gasteiger partial charge >= 0.3 is 0 Å². The molecule has 112 valence electrons. The Labute approximate surface area is 121 Å². The zero-order valence-corrected chi connectivity index (χ0v) is 12.7. The Morgan fingerprint density at radius 3 is 2.75 bits per heavy atom. The van der Waals surface area contributed by atoms with Crippen LogP contribution >= 0.6 is 0 Å². The minimum atomic E-state index is -0.524. The Hall–Kier alpha value is -1.10. The van der Waals surface area contributed by atoms with Gasteiger partial charge in [-0.25, -0.2) is 0 Å². The number of nitrogens with zero attached hydrogens (tertiary/aromatic N) is 1. The second-order valence-electron chi connectivity index (χ2n) is 5.75. The van der Waals surface area contributed by atoms with Crippen molar-refractivity contribution in [2.45, 2.75) is 31.9 Å². The minimum Gasteiger partial charge on any atom is -0.496 e. The molecule has 1 unspecified atom stereocenters. The van der Waals surface area contributed by atoms with Gasteiger partial charge in [-0.3, -0.25) is 0 Å². The van der Waals surface area contributed by atoms with Gasteiger partial charge in [-0.2, -0.15) is 0 Å². The maximum absolute atomic E-state index is 10.4. The molecule has 0 spiro atoms. The summed E-state index contributed by atoms with van der Waals surface area (Å²) in [6.45, 7) is 4.86. The van der Waals surface area contributed by atoms with Crippen LogP contribution in [0.1, 0.15) is 30.1 Å². The van der Waals surface area contributed by atoms with E-state index in [4.69, 9.17) is 4.74 Å². The fraction of sp³-hybridized carbons (Fsp3) is 0.625. The van der Waals surface area contributed by atoms with E-state index in [0.717, 1.165) is 42.8 Å². The molecule has 0 aliphatic carbocycles. The number of hydrogen-bond acceptors (Lipinski definition) is 4. The summed E-state index contributed by atoms with van der Waals surface area (Å²) in [6, 6.07) is 6.43. The lowest BCUT2D eigenvalue weighted by Crippen LogP contribution is -2.42. The molecular formula is C16H26N2O2. The Morgan fingerprint density at radius 2 is 2.10 bits per heavy atom. The van der Waals surface area contributed by atoms with E-state index in [9.17, 15) is 5.11 Å². The van der Waals surface area contributed by atoms with E-state index >= 15 is 0 Å². The molecule has 1 atom stereocenters. The van der Waals surface area contributed by atoms with E-state index in [0.29, 0.717) is 12.6 Å². The summed E-state index contributed by atoms with van der Waals surface area (Å²) < 4.78 is 5.33. The second kappa shape index (κ2) is 7.07. The van der Waals surface area contributed by atoms with E-state index < -0.39 is 6.10 Å². The van der Waals surface area contributed by atoms with E-state index in [1.807, 2.05) is 25.1 Å². The molecule has 0 amide bonds. The van der Waals surface area contributed by atoms with E-state index in [1.165, 1.54) is 0 Å². The van der Waals surface area contributed by atoms with Crippen molar-refractivity contribution in [3.05, 3.63) is 29.3 Å². The van der Waals surface area contributed by atoms with Gasteiger partial charge in [0.05, 0.1) is 13.2 Å². The lowest BCUT2D eigenvalue weighted by atomic mass is 10.0. The molecule has 2 rings (SSSR count). The molecule has 0 radical (unpaired) electrons. The first-order chi connectivity index (χ1) is 9.60. The van der Waals surface area contributed by atoms with Crippen LogP contribution in [0.5, 0.6) is 5.75 Å². The molecule has 1 fully saturated rings. The number of aryl methyl sites for hydroxylation is 1. The van der Waals surface area contributed by atoms with Crippen LogP contribution in [0.3, 0.4) is 0 Å². The summed E-state index contributed by atoms with van der Waals surface area (Å²) >= 11 is 0. The number of piperidine rings is 1. The van der Waals surface area contributed by atoms with Crippen LogP contribution < -0.4 is 10.1 Å². The molecule has 0 saturated carbocycles. The summed E-state index contributed by atoms with van der Waals surface area (Å²) in [5, 5.41) is 13.9. The van der Waals surface area contributed by atoms with Crippen LogP contribution in [0.25, 0.3) is 0 Å². The number of likely N-dealkylation sites (tertiary alicyclic amines) is 1. The highest BCUT2D eigenvalue weighted by molar-refractivity contribution is 5.38. The van der Waals surface area contributed by atoms with Crippen molar-refractivity contribution in [3.63, 3.8) is 0 Å². The molecule has 0 bridgehead atoms. The van der Waals surface area contributed by atoms with Crippen LogP contribution in [0.4, 0.5) is 0 Å². The molecule has 2 N–H and O–H groups in total. The fourth-order valence-corrected chi connectivity index (χ4v) is 2.72. The first-order valence-electron chi connectivity index (χ1n) is 7.34. The van der Waals surface area contributed by atoms with Crippen LogP contribution in [0.15, 0.2) is 18.2 Å². The quantitative estimate of drug-likeness (QED) is 0.861. The SMILES string of the molecule is COc1ccc(C)cc1C(O)CNC1CCN(C)CC1. The predicted molar refractivity (Wildman–Crippen MR) is 81.2 cm³/mol. The molecule has 1 aliphatic heterocycles. The van der Waals surface area contributed by atoms with E-state index in [1.54, 1.807) is 7.11 Å². The average Bonchev–Trinajstić information content (AvgIpc) is 2.46. The molecule has 4 nitrogen and oxygen atoms in total. The summed E-state index contributed by atoms with van der Waals surface area (Å²) in [5.41, 5.74) is 2.01. The van der Waals surface area contributed by atoms with Crippen LogP contribution in [-0.4, -0.2) is 49.8 Å². The third-order valence-corrected chi connectivity index (χ3v) is 4.06. The Bertz CT molecular complexity index is 428. The van der Waals surface area contributed by atoms with Gasteiger partial charge < -0.3 is 20.1 Å². The summed E-state index contributed by atoms with van der Waals surface area (Å²) in [5.74, 6) is 0.758. The molecule has 1 aromatic carbocycles. The molecule has 1 saturated heterocycles. The van der Waals surface area contributed by atoms with Crippen molar-refractivity contribution < 1.29 is 9.84 Å². The molecular weight excluding hydrogens is 252 g/mol. The molecule has 4 heteroatoms. The molecule has 1 aromatic rings. The molecule has 20 heavy (non-hydrogen) atoms. The van der Waals surface area contributed by atoms with Crippen molar-refractivity contribution in [2.75, 3.05) is 33.8 Å². The third kappa shape index (κ3) is 3.95.